The first-order chi connectivity index (χ1) is 31.2. The third-order valence-corrected chi connectivity index (χ3v) is 16.2. The van der Waals surface area contributed by atoms with Crippen LogP contribution < -0.4 is 16.0 Å². The molecule has 3 atom stereocenters. The van der Waals surface area contributed by atoms with Crippen molar-refractivity contribution in [1.82, 2.24) is 16.0 Å². The van der Waals surface area contributed by atoms with Crippen LogP contribution in [-0.2, 0) is 14.4 Å². The molecule has 0 saturated carbocycles. The molecule has 6 nitrogen and oxygen atoms in total. The van der Waals surface area contributed by atoms with Gasteiger partial charge in [0.2, 0.25) is 17.7 Å². The van der Waals surface area contributed by atoms with E-state index in [0.717, 1.165) is 109 Å². The molecule has 0 aliphatic heterocycles. The van der Waals surface area contributed by atoms with Crippen LogP contribution in [0.3, 0.4) is 0 Å². The number of hydrogen-bond donors (Lipinski definition) is 4. The molecule has 0 aromatic carbocycles. The van der Waals surface area contributed by atoms with Crippen molar-refractivity contribution in [2.24, 2.45) is 43.8 Å². The maximum atomic E-state index is 14.7. The fourth-order valence-electron chi connectivity index (χ4n) is 10.7. The Morgan fingerprint density at radius 1 is 0.362 bits per heavy atom. The van der Waals surface area contributed by atoms with E-state index >= 15 is 0 Å². The lowest BCUT2D eigenvalue weighted by Crippen LogP contribution is -2.51. The highest BCUT2D eigenvalue weighted by Crippen LogP contribution is 2.50. The number of amides is 3. The van der Waals surface area contributed by atoms with Crippen LogP contribution in [0.4, 0.5) is 0 Å². The average molecular weight is 991 g/mol. The minimum Gasteiger partial charge on any atom is -0.351 e. The van der Waals surface area contributed by atoms with E-state index in [1.807, 2.05) is 0 Å². The van der Waals surface area contributed by atoms with E-state index in [4.69, 9.17) is 12.6 Å². The summed E-state index contributed by atoms with van der Waals surface area (Å²) < 4.78 is 0. The molecule has 3 unspecified atom stereocenters. The second-order valence-electron chi connectivity index (χ2n) is 30.2. The summed E-state index contributed by atoms with van der Waals surface area (Å²) in [5.41, 5.74) is -0.810. The SMILES string of the molecule is CCCC(C)CCC(CCC)(CCC(C)(C)C)NC(=O)CCC(CCC(=O)NC(CCC)(CCC(C)(C)C)CCC(C)(C)C)(CCC(=O)NC(CCS)(CCC(C)(C)C)CCC(C)(C)C)C(C)(C)C. The first kappa shape index (κ1) is 67.8. The van der Waals surface area contributed by atoms with Gasteiger partial charge in [-0.3, -0.25) is 14.4 Å². The minimum absolute atomic E-state index is 0.0822. The molecule has 3 N–H and O–H groups in total. The standard InChI is InChI=1S/C62H123N3O3S/c1-23-26-49(4)27-36-60(31-24-2,42-37-53(5,6)7)63-50(66)28-33-59(58(20,21)22,34-29-51(67)64-61(32-25-3,43-38-54(8,9)10)44-39-55(11,12)13)35-30-52(68)65-62(47-48-69,45-40-56(14,15)16)46-41-57(17,18)19/h49,69H,23-48H2,1-22H3,(H,63,66)(H,64,67)(H,65,68). The van der Waals surface area contributed by atoms with Crippen molar-refractivity contribution in [2.45, 2.75) is 329 Å². The normalized spacial score (nSPS) is 15.9. The van der Waals surface area contributed by atoms with E-state index in [0.29, 0.717) is 50.2 Å². The number of hydrogen-bond acceptors (Lipinski definition) is 4. The van der Waals surface area contributed by atoms with E-state index in [-0.39, 0.29) is 66.8 Å². The van der Waals surface area contributed by atoms with E-state index in [9.17, 15) is 14.4 Å². The largest absolute Gasteiger partial charge is 0.351 e. The van der Waals surface area contributed by atoms with Gasteiger partial charge in [0.1, 0.15) is 0 Å². The van der Waals surface area contributed by atoms with Crippen LogP contribution in [0.2, 0.25) is 0 Å². The van der Waals surface area contributed by atoms with Gasteiger partial charge in [-0.15, -0.1) is 0 Å². The molecule has 0 radical (unpaired) electrons. The third-order valence-electron chi connectivity index (χ3n) is 16.0. The van der Waals surface area contributed by atoms with Crippen molar-refractivity contribution < 1.29 is 14.4 Å². The van der Waals surface area contributed by atoms with Crippen molar-refractivity contribution in [3.8, 4) is 0 Å². The van der Waals surface area contributed by atoms with Crippen LogP contribution in [0.25, 0.3) is 0 Å². The zero-order chi connectivity index (χ0) is 53.8. The van der Waals surface area contributed by atoms with Gasteiger partial charge in [0, 0.05) is 35.9 Å². The smallest absolute Gasteiger partial charge is 0.220 e. The van der Waals surface area contributed by atoms with Crippen molar-refractivity contribution in [2.75, 3.05) is 5.75 Å². The summed E-state index contributed by atoms with van der Waals surface area (Å²) in [7, 11) is 0. The molecule has 0 rings (SSSR count). The topological polar surface area (TPSA) is 87.3 Å². The van der Waals surface area contributed by atoms with Crippen molar-refractivity contribution in [1.29, 1.82) is 0 Å². The molecule has 410 valence electrons. The second-order valence-corrected chi connectivity index (χ2v) is 30.7. The Hall–Kier alpha value is -1.24. The van der Waals surface area contributed by atoms with Crippen LogP contribution in [0.5, 0.6) is 0 Å². The monoisotopic (exact) mass is 990 g/mol. The van der Waals surface area contributed by atoms with E-state index in [2.05, 4.69) is 168 Å². The van der Waals surface area contributed by atoms with Gasteiger partial charge in [-0.25, -0.2) is 0 Å². The lowest BCUT2D eigenvalue weighted by molar-refractivity contribution is -0.126. The van der Waals surface area contributed by atoms with Gasteiger partial charge in [0.15, 0.2) is 0 Å². The molecule has 7 heteroatoms. The Balaban J connectivity index is 7.37. The van der Waals surface area contributed by atoms with Crippen molar-refractivity contribution >= 4 is 30.4 Å². The Kier molecular flexibility index (Phi) is 28.5. The van der Waals surface area contributed by atoms with Gasteiger partial charge in [-0.05, 0) is 165 Å². The molecule has 0 aliphatic rings. The highest BCUT2D eigenvalue weighted by Gasteiger charge is 2.44. The Morgan fingerprint density at radius 2 is 0.638 bits per heavy atom. The fourth-order valence-corrected chi connectivity index (χ4v) is 11.2. The Morgan fingerprint density at radius 3 is 0.870 bits per heavy atom. The van der Waals surface area contributed by atoms with Crippen LogP contribution in [-0.4, -0.2) is 40.1 Å². The Labute approximate surface area is 437 Å². The van der Waals surface area contributed by atoms with Gasteiger partial charge in [-0.2, -0.15) is 12.6 Å². The van der Waals surface area contributed by atoms with Crippen molar-refractivity contribution in [3.05, 3.63) is 0 Å². The number of carbonyl (C=O) groups excluding carboxylic acids is 3. The summed E-state index contributed by atoms with van der Waals surface area (Å²) in [6.07, 6.45) is 22.2. The molecule has 0 spiro atoms. The van der Waals surface area contributed by atoms with E-state index < -0.39 is 5.41 Å². The highest BCUT2D eigenvalue weighted by molar-refractivity contribution is 7.80. The Bertz CT molecular complexity index is 1360. The fraction of sp³-hybridized carbons (Fsp3) is 0.952. The summed E-state index contributed by atoms with van der Waals surface area (Å²) in [6, 6.07) is 0. The van der Waals surface area contributed by atoms with E-state index in [1.54, 1.807) is 0 Å². The summed E-state index contributed by atoms with van der Waals surface area (Å²) in [4.78, 5) is 44.1. The van der Waals surface area contributed by atoms with Gasteiger partial charge in [0.05, 0.1) is 0 Å². The van der Waals surface area contributed by atoms with Gasteiger partial charge in [0.25, 0.3) is 0 Å². The predicted octanol–water partition coefficient (Wildman–Crippen LogP) is 18.2. The molecule has 69 heavy (non-hydrogen) atoms. The molecular formula is C62H123N3O3S. The zero-order valence-electron chi connectivity index (χ0n) is 50.6. The summed E-state index contributed by atoms with van der Waals surface area (Å²) in [5.74, 6) is 1.64. The molecule has 3 amide bonds. The quantitative estimate of drug-likeness (QED) is 0.0494. The summed E-state index contributed by atoms with van der Waals surface area (Å²) in [5, 5.41) is 11.2. The number of nitrogens with one attached hydrogen (secondary N) is 3. The lowest BCUT2D eigenvalue weighted by Gasteiger charge is -2.47. The average Bonchev–Trinajstić information content (AvgIpc) is 3.17. The number of carbonyl (C=O) groups is 3. The molecule has 0 heterocycles. The second kappa shape index (κ2) is 29.0. The predicted molar refractivity (Wildman–Crippen MR) is 307 cm³/mol. The highest BCUT2D eigenvalue weighted by atomic mass is 32.1. The molecule has 0 aromatic heterocycles. The lowest BCUT2D eigenvalue weighted by atomic mass is 9.59. The maximum Gasteiger partial charge on any atom is 0.220 e. The molecule has 0 bridgehead atoms. The summed E-state index contributed by atoms with van der Waals surface area (Å²) in [6.45, 7) is 50.5. The molecule has 0 fully saturated rings. The zero-order valence-corrected chi connectivity index (χ0v) is 51.5. The van der Waals surface area contributed by atoms with Crippen LogP contribution in [0.15, 0.2) is 0 Å². The van der Waals surface area contributed by atoms with Crippen LogP contribution in [0.1, 0.15) is 313 Å². The molecule has 0 saturated heterocycles. The van der Waals surface area contributed by atoms with Gasteiger partial charge < -0.3 is 16.0 Å². The third kappa shape index (κ3) is 29.9. The summed E-state index contributed by atoms with van der Waals surface area (Å²) >= 11 is 4.77. The number of rotatable bonds is 33. The van der Waals surface area contributed by atoms with Gasteiger partial charge >= 0.3 is 0 Å². The van der Waals surface area contributed by atoms with Crippen molar-refractivity contribution in [3.63, 3.8) is 0 Å². The first-order valence-corrected chi connectivity index (χ1v) is 29.4. The van der Waals surface area contributed by atoms with Crippen LogP contribution >= 0.6 is 12.6 Å². The molecule has 0 aromatic rings. The first-order valence-electron chi connectivity index (χ1n) is 28.8. The maximum absolute atomic E-state index is 14.7. The molecular weight excluding hydrogens is 867 g/mol. The molecule has 0 aliphatic carbocycles. The van der Waals surface area contributed by atoms with Gasteiger partial charge in [-0.1, -0.05) is 178 Å². The van der Waals surface area contributed by atoms with E-state index in [1.165, 1.54) is 12.8 Å². The van der Waals surface area contributed by atoms with Crippen LogP contribution in [0, 0.1) is 43.8 Å². The minimum atomic E-state index is -0.444. The number of thiol groups is 1.